The minimum Gasteiger partial charge on any atom is -0.241 e. The Morgan fingerprint density at radius 2 is 1.68 bits per heavy atom. The Labute approximate surface area is 132 Å². The van der Waals surface area contributed by atoms with Crippen molar-refractivity contribution in [3.63, 3.8) is 0 Å². The molecule has 0 aliphatic heterocycles. The lowest BCUT2D eigenvalue weighted by Crippen LogP contribution is -1.92. The van der Waals surface area contributed by atoms with E-state index in [1.54, 1.807) is 12.1 Å². The van der Waals surface area contributed by atoms with Gasteiger partial charge in [-0.05, 0) is 29.8 Å². The van der Waals surface area contributed by atoms with Crippen LogP contribution < -0.4 is 0 Å². The van der Waals surface area contributed by atoms with Gasteiger partial charge in [-0.2, -0.15) is 10.5 Å². The smallest absolute Gasteiger partial charge is 0.123 e. The molecule has 0 amide bonds. The number of benzene rings is 2. The van der Waals surface area contributed by atoms with Gasteiger partial charge in [0, 0.05) is 5.39 Å². The Hall–Kier alpha value is -2.82. The van der Waals surface area contributed by atoms with Crippen LogP contribution in [0.1, 0.15) is 16.4 Å². The van der Waals surface area contributed by atoms with E-state index in [4.69, 9.17) is 5.26 Å². The molecule has 0 spiro atoms. The summed E-state index contributed by atoms with van der Waals surface area (Å²) in [7, 11) is 0. The highest BCUT2D eigenvalue weighted by atomic mass is 32.2. The summed E-state index contributed by atoms with van der Waals surface area (Å²) in [4.78, 5) is 4.58. The van der Waals surface area contributed by atoms with E-state index in [0.29, 0.717) is 5.56 Å². The zero-order valence-corrected chi connectivity index (χ0v) is 12.4. The Morgan fingerprint density at radius 3 is 2.41 bits per heavy atom. The third kappa shape index (κ3) is 2.93. The third-order valence-electron chi connectivity index (χ3n) is 3.27. The largest absolute Gasteiger partial charge is 0.241 e. The molecule has 1 heterocycles. The van der Waals surface area contributed by atoms with Crippen LogP contribution in [0, 0.1) is 22.7 Å². The number of hydrogen-bond acceptors (Lipinski definition) is 4. The van der Waals surface area contributed by atoms with Gasteiger partial charge in [0.15, 0.2) is 0 Å². The van der Waals surface area contributed by atoms with E-state index in [1.807, 2.05) is 48.5 Å². The van der Waals surface area contributed by atoms with Crippen molar-refractivity contribution in [3.8, 4) is 12.1 Å². The number of pyridine rings is 1. The van der Waals surface area contributed by atoms with Crippen LogP contribution in [0.5, 0.6) is 0 Å². The number of fused-ring (bicyclic) bond motifs is 1. The fourth-order valence-electron chi connectivity index (χ4n) is 2.14. The molecule has 0 fully saturated rings. The Bertz CT molecular complexity index is 889. The van der Waals surface area contributed by atoms with Gasteiger partial charge in [0.2, 0.25) is 0 Å². The van der Waals surface area contributed by atoms with E-state index in [2.05, 4.69) is 17.1 Å². The third-order valence-corrected chi connectivity index (χ3v) is 4.35. The number of nitriles is 2. The molecule has 1 aromatic heterocycles. The van der Waals surface area contributed by atoms with Crippen molar-refractivity contribution in [1.82, 2.24) is 4.98 Å². The number of para-hydroxylation sites is 1. The predicted molar refractivity (Wildman–Crippen MR) is 87.1 cm³/mol. The van der Waals surface area contributed by atoms with Crippen LogP contribution >= 0.6 is 11.8 Å². The van der Waals surface area contributed by atoms with Gasteiger partial charge in [0.1, 0.15) is 5.25 Å². The first-order valence-corrected chi connectivity index (χ1v) is 7.60. The lowest BCUT2D eigenvalue weighted by molar-refractivity contribution is 1.15. The highest BCUT2D eigenvalue weighted by Crippen LogP contribution is 2.34. The van der Waals surface area contributed by atoms with Crippen molar-refractivity contribution in [1.29, 1.82) is 10.5 Å². The molecule has 2 aromatic carbocycles. The fraction of sp³-hybridized carbons (Fsp3) is 0.0556. The average molecular weight is 301 g/mol. The van der Waals surface area contributed by atoms with Gasteiger partial charge in [-0.15, -0.1) is 0 Å². The average Bonchev–Trinajstić information content (AvgIpc) is 2.59. The molecule has 0 radical (unpaired) electrons. The van der Waals surface area contributed by atoms with Crippen LogP contribution in [0.3, 0.4) is 0 Å². The summed E-state index contributed by atoms with van der Waals surface area (Å²) in [6.45, 7) is 0. The fourth-order valence-corrected chi connectivity index (χ4v) is 3.02. The lowest BCUT2D eigenvalue weighted by atomic mass is 10.1. The maximum atomic E-state index is 9.42. The summed E-state index contributed by atoms with van der Waals surface area (Å²) in [5.74, 6) is 0. The van der Waals surface area contributed by atoms with Crippen molar-refractivity contribution in [2.75, 3.05) is 0 Å². The first kappa shape index (κ1) is 14.1. The van der Waals surface area contributed by atoms with E-state index >= 15 is 0 Å². The number of hydrogen-bond donors (Lipinski definition) is 0. The van der Waals surface area contributed by atoms with Crippen LogP contribution in [0.25, 0.3) is 10.9 Å². The van der Waals surface area contributed by atoms with Gasteiger partial charge >= 0.3 is 0 Å². The summed E-state index contributed by atoms with van der Waals surface area (Å²) in [5.41, 5.74) is 2.39. The number of aromatic nitrogens is 1. The molecule has 0 N–H and O–H groups in total. The minimum atomic E-state index is -0.346. The molecule has 0 saturated carbocycles. The Kier molecular flexibility index (Phi) is 4.05. The molecule has 1 unspecified atom stereocenters. The minimum absolute atomic E-state index is 0.346. The van der Waals surface area contributed by atoms with Gasteiger partial charge in [-0.25, -0.2) is 4.98 Å². The second kappa shape index (κ2) is 6.30. The van der Waals surface area contributed by atoms with E-state index in [9.17, 15) is 5.26 Å². The number of rotatable bonds is 3. The summed E-state index contributed by atoms with van der Waals surface area (Å²) in [6.07, 6.45) is 0. The molecule has 0 aliphatic rings. The molecular weight excluding hydrogens is 290 g/mol. The molecule has 3 rings (SSSR count). The molecule has 22 heavy (non-hydrogen) atoms. The summed E-state index contributed by atoms with van der Waals surface area (Å²) < 4.78 is 0. The molecule has 0 saturated heterocycles. The van der Waals surface area contributed by atoms with E-state index in [0.717, 1.165) is 21.5 Å². The SMILES string of the molecule is N#Cc1ccc(C(C#N)Sc2ccc3ccccc3n2)cc1. The van der Waals surface area contributed by atoms with Crippen LogP contribution in [-0.4, -0.2) is 4.98 Å². The standard InChI is InChI=1S/C18H11N3S/c19-11-13-5-7-15(8-6-13)17(12-20)22-18-10-9-14-3-1-2-4-16(14)21-18/h1-10,17H. The van der Waals surface area contributed by atoms with Crippen LogP contribution in [0.4, 0.5) is 0 Å². The first-order chi connectivity index (χ1) is 10.8. The molecule has 3 aromatic rings. The molecule has 1 atom stereocenters. The summed E-state index contributed by atoms with van der Waals surface area (Å²) in [6, 6.07) is 23.3. The zero-order chi connectivity index (χ0) is 15.4. The maximum absolute atomic E-state index is 9.42. The van der Waals surface area contributed by atoms with Crippen molar-refractivity contribution in [2.24, 2.45) is 0 Å². The highest BCUT2D eigenvalue weighted by molar-refractivity contribution is 7.99. The molecule has 4 heteroatoms. The lowest BCUT2D eigenvalue weighted by Gasteiger charge is -2.09. The van der Waals surface area contributed by atoms with Crippen LogP contribution in [0.2, 0.25) is 0 Å². The van der Waals surface area contributed by atoms with Crippen LogP contribution in [0.15, 0.2) is 65.7 Å². The van der Waals surface area contributed by atoms with E-state index in [-0.39, 0.29) is 5.25 Å². The monoisotopic (exact) mass is 301 g/mol. The van der Waals surface area contributed by atoms with Crippen molar-refractivity contribution in [3.05, 3.63) is 71.8 Å². The highest BCUT2D eigenvalue weighted by Gasteiger charge is 2.13. The first-order valence-electron chi connectivity index (χ1n) is 6.72. The van der Waals surface area contributed by atoms with Crippen molar-refractivity contribution >= 4 is 22.7 Å². The molecule has 0 bridgehead atoms. The van der Waals surface area contributed by atoms with Crippen molar-refractivity contribution < 1.29 is 0 Å². The maximum Gasteiger partial charge on any atom is 0.123 e. The number of thioether (sulfide) groups is 1. The Morgan fingerprint density at radius 1 is 0.909 bits per heavy atom. The van der Waals surface area contributed by atoms with E-state index < -0.39 is 0 Å². The summed E-state index contributed by atoms with van der Waals surface area (Å²) >= 11 is 1.41. The van der Waals surface area contributed by atoms with Gasteiger partial charge in [-0.1, -0.05) is 48.2 Å². The second-order valence-electron chi connectivity index (χ2n) is 4.70. The summed E-state index contributed by atoms with van der Waals surface area (Å²) in [5, 5.41) is 19.8. The normalized spacial score (nSPS) is 11.5. The molecule has 3 nitrogen and oxygen atoms in total. The second-order valence-corrected chi connectivity index (χ2v) is 5.83. The van der Waals surface area contributed by atoms with Gasteiger partial charge in [0.05, 0.1) is 28.2 Å². The van der Waals surface area contributed by atoms with E-state index in [1.165, 1.54) is 11.8 Å². The predicted octanol–water partition coefficient (Wildman–Crippen LogP) is 4.46. The Balaban J connectivity index is 1.87. The number of nitrogens with zero attached hydrogens (tertiary/aromatic N) is 3. The molecule has 0 aliphatic carbocycles. The van der Waals surface area contributed by atoms with Crippen molar-refractivity contribution in [2.45, 2.75) is 10.3 Å². The quantitative estimate of drug-likeness (QED) is 0.670. The van der Waals surface area contributed by atoms with Crippen LogP contribution in [-0.2, 0) is 0 Å². The van der Waals surface area contributed by atoms with Gasteiger partial charge < -0.3 is 0 Å². The molecular formula is C18H11N3S. The zero-order valence-electron chi connectivity index (χ0n) is 11.6. The topological polar surface area (TPSA) is 60.5 Å². The molecule has 104 valence electrons. The van der Waals surface area contributed by atoms with Gasteiger partial charge in [0.25, 0.3) is 0 Å². The van der Waals surface area contributed by atoms with Gasteiger partial charge in [-0.3, -0.25) is 0 Å².